The second kappa shape index (κ2) is 10.2. The number of amides is 2. The van der Waals surface area contributed by atoms with Gasteiger partial charge < -0.3 is 29.9 Å². The molecule has 1 saturated heterocycles. The van der Waals surface area contributed by atoms with Crippen LogP contribution < -0.4 is 15.8 Å². The number of hydrogen-bond donors (Lipinski definition) is 2. The molecule has 0 saturated carbocycles. The first-order valence-corrected chi connectivity index (χ1v) is 10.6. The molecular formula is C22H25N7O5. The van der Waals surface area contributed by atoms with Gasteiger partial charge in [0.25, 0.3) is 5.91 Å². The maximum atomic E-state index is 11.7. The number of hydrogen-bond acceptors (Lipinski definition) is 10. The van der Waals surface area contributed by atoms with E-state index in [1.165, 1.54) is 20.4 Å². The Bertz CT molecular complexity index is 1170. The number of methoxy groups -OCH3 is 2. The van der Waals surface area contributed by atoms with Gasteiger partial charge in [0, 0.05) is 38.6 Å². The van der Waals surface area contributed by atoms with Crippen molar-refractivity contribution < 1.29 is 23.6 Å². The summed E-state index contributed by atoms with van der Waals surface area (Å²) in [4.78, 5) is 35.7. The third-order valence-corrected chi connectivity index (χ3v) is 5.45. The third kappa shape index (κ3) is 4.91. The molecule has 178 valence electrons. The molecule has 0 radical (unpaired) electrons. The lowest BCUT2D eigenvalue weighted by molar-refractivity contribution is 0.0851. The number of anilines is 2. The number of nitrogens with two attached hydrogens (primary N) is 1. The number of ether oxygens (including phenoxy) is 2. The summed E-state index contributed by atoms with van der Waals surface area (Å²) in [6, 6.07) is 7.08. The minimum Gasteiger partial charge on any atom is -0.494 e. The minimum atomic E-state index is -0.596. The number of pyridine rings is 1. The van der Waals surface area contributed by atoms with Gasteiger partial charge in [0.2, 0.25) is 11.7 Å². The summed E-state index contributed by atoms with van der Waals surface area (Å²) in [6.45, 7) is 2.93. The standard InChI is InChI=1S/C22H25N7O5/c1-32-19-14(4-3-5-17(19)25-16-6-7-24-12-15(16)20(23)30)21-26-18(34-27-21)13-28-8-10-29(11-9-28)22(31)33-2/h3-7,12H,8-11,13H2,1-2H3,(H2,23,30)(H,24,25). The molecule has 1 aromatic carbocycles. The van der Waals surface area contributed by atoms with Gasteiger partial charge in [0.1, 0.15) is 0 Å². The van der Waals surface area contributed by atoms with E-state index in [1.54, 1.807) is 23.2 Å². The van der Waals surface area contributed by atoms with Crippen LogP contribution in [-0.4, -0.2) is 77.3 Å². The van der Waals surface area contributed by atoms with Crippen molar-refractivity contribution in [2.75, 3.05) is 45.7 Å². The van der Waals surface area contributed by atoms with Crippen molar-refractivity contribution in [1.82, 2.24) is 24.9 Å². The highest BCUT2D eigenvalue weighted by molar-refractivity contribution is 5.99. The van der Waals surface area contributed by atoms with Crippen LogP contribution in [0.25, 0.3) is 11.4 Å². The van der Waals surface area contributed by atoms with E-state index in [2.05, 4.69) is 25.3 Å². The molecule has 3 N–H and O–H groups in total. The van der Waals surface area contributed by atoms with E-state index in [0.717, 1.165) is 0 Å². The Kier molecular flexibility index (Phi) is 6.87. The van der Waals surface area contributed by atoms with E-state index in [1.807, 2.05) is 12.1 Å². The number of carbonyl (C=O) groups excluding carboxylic acids is 2. The second-order valence-corrected chi connectivity index (χ2v) is 7.54. The summed E-state index contributed by atoms with van der Waals surface area (Å²) in [7, 11) is 2.91. The number of piperazine rings is 1. The molecule has 1 fully saturated rings. The van der Waals surface area contributed by atoms with Crippen molar-refractivity contribution in [3.8, 4) is 17.1 Å². The summed E-state index contributed by atoms with van der Waals surface area (Å²) in [6.07, 6.45) is 2.63. The Morgan fingerprint density at radius 2 is 1.94 bits per heavy atom. The molecule has 12 heteroatoms. The highest BCUT2D eigenvalue weighted by Gasteiger charge is 2.24. The third-order valence-electron chi connectivity index (χ3n) is 5.45. The zero-order valence-electron chi connectivity index (χ0n) is 18.9. The minimum absolute atomic E-state index is 0.254. The quantitative estimate of drug-likeness (QED) is 0.527. The lowest BCUT2D eigenvalue weighted by atomic mass is 10.1. The zero-order chi connectivity index (χ0) is 24.1. The fourth-order valence-corrected chi connectivity index (χ4v) is 3.71. The van der Waals surface area contributed by atoms with Crippen molar-refractivity contribution in [2.24, 2.45) is 5.73 Å². The van der Waals surface area contributed by atoms with Crippen LogP contribution in [0, 0.1) is 0 Å². The van der Waals surface area contributed by atoms with Gasteiger partial charge in [-0.2, -0.15) is 4.98 Å². The van der Waals surface area contributed by atoms with Gasteiger partial charge in [-0.1, -0.05) is 11.2 Å². The number of aromatic nitrogens is 3. The first kappa shape index (κ1) is 23.0. The fourth-order valence-electron chi connectivity index (χ4n) is 3.71. The molecule has 0 unspecified atom stereocenters. The summed E-state index contributed by atoms with van der Waals surface area (Å²) >= 11 is 0. The van der Waals surface area contributed by atoms with Crippen LogP contribution in [0.3, 0.4) is 0 Å². The van der Waals surface area contributed by atoms with Gasteiger partial charge in [-0.25, -0.2) is 4.79 Å². The number of para-hydroxylation sites is 1. The van der Waals surface area contributed by atoms with Crippen molar-refractivity contribution >= 4 is 23.4 Å². The van der Waals surface area contributed by atoms with Gasteiger partial charge in [-0.15, -0.1) is 0 Å². The molecule has 0 spiro atoms. The van der Waals surface area contributed by atoms with Gasteiger partial charge >= 0.3 is 6.09 Å². The predicted molar refractivity (Wildman–Crippen MR) is 122 cm³/mol. The summed E-state index contributed by atoms with van der Waals surface area (Å²) in [5.41, 5.74) is 7.42. The fraction of sp³-hybridized carbons (Fsp3) is 0.318. The molecule has 12 nitrogen and oxygen atoms in total. The number of rotatable bonds is 7. The molecule has 2 amide bonds. The average molecular weight is 467 g/mol. The largest absolute Gasteiger partial charge is 0.494 e. The van der Waals surface area contributed by atoms with E-state index in [-0.39, 0.29) is 11.7 Å². The Hall–Kier alpha value is -4.19. The Morgan fingerprint density at radius 1 is 1.15 bits per heavy atom. The first-order valence-electron chi connectivity index (χ1n) is 10.6. The molecule has 34 heavy (non-hydrogen) atoms. The first-order chi connectivity index (χ1) is 16.5. The van der Waals surface area contributed by atoms with Gasteiger partial charge in [-0.3, -0.25) is 14.7 Å². The Morgan fingerprint density at radius 3 is 2.65 bits per heavy atom. The topological polar surface area (TPSA) is 149 Å². The maximum Gasteiger partial charge on any atom is 0.409 e. The van der Waals surface area contributed by atoms with Crippen molar-refractivity contribution in [1.29, 1.82) is 0 Å². The molecule has 4 rings (SSSR count). The Balaban J connectivity index is 1.51. The van der Waals surface area contributed by atoms with Crippen molar-refractivity contribution in [3.63, 3.8) is 0 Å². The van der Waals surface area contributed by atoms with Crippen LogP contribution in [0.1, 0.15) is 16.2 Å². The van der Waals surface area contributed by atoms with E-state index < -0.39 is 5.91 Å². The van der Waals surface area contributed by atoms with E-state index in [9.17, 15) is 9.59 Å². The van der Waals surface area contributed by atoms with Crippen LogP contribution in [0.15, 0.2) is 41.2 Å². The summed E-state index contributed by atoms with van der Waals surface area (Å²) in [5, 5.41) is 7.29. The molecule has 0 aliphatic carbocycles. The smallest absolute Gasteiger partial charge is 0.409 e. The molecule has 1 aliphatic heterocycles. The number of carbonyl (C=O) groups is 2. The van der Waals surface area contributed by atoms with Crippen molar-refractivity contribution in [3.05, 3.63) is 48.1 Å². The highest BCUT2D eigenvalue weighted by atomic mass is 16.5. The second-order valence-electron chi connectivity index (χ2n) is 7.54. The van der Waals surface area contributed by atoms with Crippen LogP contribution >= 0.6 is 0 Å². The van der Waals surface area contributed by atoms with E-state index in [4.69, 9.17) is 19.7 Å². The van der Waals surface area contributed by atoms with Gasteiger partial charge in [-0.05, 0) is 18.2 Å². The number of benzene rings is 1. The van der Waals surface area contributed by atoms with Crippen LogP contribution in [0.2, 0.25) is 0 Å². The number of nitrogens with zero attached hydrogens (tertiary/aromatic N) is 5. The molecule has 2 aromatic heterocycles. The van der Waals surface area contributed by atoms with Crippen molar-refractivity contribution in [2.45, 2.75) is 6.54 Å². The SMILES string of the molecule is COC(=O)N1CCN(Cc2nc(-c3cccc(Nc4ccncc4C(N)=O)c3OC)no2)CC1. The van der Waals surface area contributed by atoms with Gasteiger partial charge in [0.05, 0.1) is 43.3 Å². The van der Waals surface area contributed by atoms with E-state index in [0.29, 0.717) is 67.1 Å². The summed E-state index contributed by atoms with van der Waals surface area (Å²) in [5.74, 6) is 0.704. The van der Waals surface area contributed by atoms with Crippen LogP contribution in [0.4, 0.5) is 16.2 Å². The molecular weight excluding hydrogens is 442 g/mol. The molecule has 3 aromatic rings. The summed E-state index contributed by atoms with van der Waals surface area (Å²) < 4.78 is 15.9. The zero-order valence-corrected chi connectivity index (χ0v) is 18.9. The molecule has 0 atom stereocenters. The predicted octanol–water partition coefficient (Wildman–Crippen LogP) is 1.87. The van der Waals surface area contributed by atoms with E-state index >= 15 is 0 Å². The lowest BCUT2D eigenvalue weighted by Gasteiger charge is -2.32. The monoisotopic (exact) mass is 467 g/mol. The van der Waals surface area contributed by atoms with Crippen LogP contribution in [0.5, 0.6) is 5.75 Å². The number of primary amides is 1. The highest BCUT2D eigenvalue weighted by Crippen LogP contribution is 2.37. The van der Waals surface area contributed by atoms with Gasteiger partial charge in [0.15, 0.2) is 5.75 Å². The normalized spacial score (nSPS) is 14.0. The lowest BCUT2D eigenvalue weighted by Crippen LogP contribution is -2.48. The molecule has 0 bridgehead atoms. The average Bonchev–Trinajstić information content (AvgIpc) is 3.32. The maximum absolute atomic E-state index is 11.7. The van der Waals surface area contributed by atoms with Crippen LogP contribution in [-0.2, 0) is 11.3 Å². The molecule has 1 aliphatic rings. The Labute approximate surface area is 195 Å². The molecule has 3 heterocycles. The number of nitrogens with one attached hydrogen (secondary N) is 1.